The van der Waals surface area contributed by atoms with Crippen molar-refractivity contribution >= 4 is 22.5 Å². The maximum atomic E-state index is 13.4. The normalized spacial score (nSPS) is 12.1. The second-order valence-electron chi connectivity index (χ2n) is 5.11. The fourth-order valence-corrected chi connectivity index (χ4v) is 1.81. The molecule has 0 radical (unpaired) electrons. The zero-order valence-corrected chi connectivity index (χ0v) is 10.7. The number of hydrogen-bond acceptors (Lipinski definition) is 1. The van der Waals surface area contributed by atoms with Crippen molar-refractivity contribution in [1.82, 2.24) is 4.98 Å². The van der Waals surface area contributed by atoms with Crippen molar-refractivity contribution in [3.8, 4) is 0 Å². The third-order valence-corrected chi connectivity index (χ3v) is 2.97. The van der Waals surface area contributed by atoms with Crippen LogP contribution in [0.2, 0.25) is 5.02 Å². The molecule has 17 heavy (non-hydrogen) atoms. The summed E-state index contributed by atoms with van der Waals surface area (Å²) < 4.78 is 13.4. The first-order valence-electron chi connectivity index (χ1n) is 5.31. The van der Waals surface area contributed by atoms with E-state index < -0.39 is 5.82 Å². The number of pyridine rings is 1. The van der Waals surface area contributed by atoms with Crippen LogP contribution in [0, 0.1) is 5.82 Å². The molecule has 0 spiro atoms. The van der Waals surface area contributed by atoms with Crippen molar-refractivity contribution in [1.29, 1.82) is 0 Å². The Bertz CT molecular complexity index is 640. The van der Waals surface area contributed by atoms with E-state index in [1.807, 2.05) is 20.8 Å². The fourth-order valence-electron chi connectivity index (χ4n) is 1.65. The summed E-state index contributed by atoms with van der Waals surface area (Å²) in [7, 11) is 0. The highest BCUT2D eigenvalue weighted by Crippen LogP contribution is 2.23. The summed E-state index contributed by atoms with van der Waals surface area (Å²) in [5.74, 6) is -0.527. The molecule has 1 aromatic heterocycles. The summed E-state index contributed by atoms with van der Waals surface area (Å²) in [5, 5.41) is 0.371. The van der Waals surface area contributed by atoms with Gasteiger partial charge in [0.1, 0.15) is 5.82 Å². The maximum Gasteiger partial charge on any atom is 0.189 e. The van der Waals surface area contributed by atoms with Crippen molar-refractivity contribution in [3.05, 3.63) is 45.0 Å². The van der Waals surface area contributed by atoms with Crippen molar-refractivity contribution in [2.45, 2.75) is 26.2 Å². The van der Waals surface area contributed by atoms with E-state index in [4.69, 9.17) is 11.6 Å². The van der Waals surface area contributed by atoms with Crippen LogP contribution in [0.15, 0.2) is 23.0 Å². The molecule has 0 saturated carbocycles. The van der Waals surface area contributed by atoms with Gasteiger partial charge in [-0.3, -0.25) is 4.79 Å². The van der Waals surface area contributed by atoms with Gasteiger partial charge in [-0.25, -0.2) is 4.39 Å². The van der Waals surface area contributed by atoms with Crippen molar-refractivity contribution in [2.24, 2.45) is 0 Å². The Hall–Kier alpha value is -1.35. The molecule has 0 aliphatic heterocycles. The molecule has 0 aliphatic rings. The van der Waals surface area contributed by atoms with Gasteiger partial charge in [-0.05, 0) is 12.1 Å². The number of halogens is 2. The number of aromatic amines is 1. The van der Waals surface area contributed by atoms with E-state index in [2.05, 4.69) is 4.98 Å². The van der Waals surface area contributed by atoms with Crippen LogP contribution in [0.1, 0.15) is 26.5 Å². The summed E-state index contributed by atoms with van der Waals surface area (Å²) >= 11 is 5.66. The Kier molecular flexibility index (Phi) is 2.74. The average Bonchev–Trinajstić information content (AvgIpc) is 2.19. The summed E-state index contributed by atoms with van der Waals surface area (Å²) in [6, 6.07) is 4.16. The Morgan fingerprint density at radius 2 is 1.88 bits per heavy atom. The Labute approximate surface area is 103 Å². The largest absolute Gasteiger partial charge is 0.358 e. The molecule has 2 nitrogen and oxygen atoms in total. The van der Waals surface area contributed by atoms with Gasteiger partial charge in [0.05, 0.1) is 10.5 Å². The number of fused-ring (bicyclic) bond motifs is 1. The quantitative estimate of drug-likeness (QED) is 0.764. The molecule has 0 atom stereocenters. The van der Waals surface area contributed by atoms with Gasteiger partial charge in [0, 0.05) is 22.6 Å². The number of aromatic nitrogens is 1. The molecule has 0 fully saturated rings. The summed E-state index contributed by atoms with van der Waals surface area (Å²) in [6.07, 6.45) is 0. The Balaban J connectivity index is 2.83. The van der Waals surface area contributed by atoms with E-state index in [9.17, 15) is 9.18 Å². The third-order valence-electron chi connectivity index (χ3n) is 2.68. The van der Waals surface area contributed by atoms with Gasteiger partial charge in [-0.1, -0.05) is 32.4 Å². The van der Waals surface area contributed by atoms with E-state index in [-0.39, 0.29) is 15.9 Å². The van der Waals surface area contributed by atoms with E-state index >= 15 is 0 Å². The van der Waals surface area contributed by atoms with Crippen molar-refractivity contribution in [2.75, 3.05) is 0 Å². The van der Waals surface area contributed by atoms with Gasteiger partial charge >= 0.3 is 0 Å². The van der Waals surface area contributed by atoms with Gasteiger partial charge in [-0.15, -0.1) is 0 Å². The minimum Gasteiger partial charge on any atom is -0.358 e. The Morgan fingerprint density at radius 3 is 2.47 bits per heavy atom. The zero-order valence-electron chi connectivity index (χ0n) is 9.90. The topological polar surface area (TPSA) is 32.9 Å². The molecule has 2 aromatic rings. The predicted octanol–water partition coefficient (Wildman–Crippen LogP) is 3.62. The molecule has 0 bridgehead atoms. The van der Waals surface area contributed by atoms with Crippen LogP contribution in [0.25, 0.3) is 10.9 Å². The van der Waals surface area contributed by atoms with Crippen LogP contribution >= 0.6 is 11.6 Å². The fraction of sp³-hybridized carbons (Fsp3) is 0.308. The van der Waals surface area contributed by atoms with Gasteiger partial charge in [0.25, 0.3) is 0 Å². The number of hydrogen-bond donors (Lipinski definition) is 1. The summed E-state index contributed by atoms with van der Waals surface area (Å²) in [4.78, 5) is 15.0. The van der Waals surface area contributed by atoms with Crippen LogP contribution in [-0.2, 0) is 5.41 Å². The van der Waals surface area contributed by atoms with E-state index in [0.717, 1.165) is 5.69 Å². The number of benzene rings is 1. The van der Waals surface area contributed by atoms with Crippen LogP contribution in [-0.4, -0.2) is 4.98 Å². The molecular formula is C13H13ClFNO. The lowest BCUT2D eigenvalue weighted by Crippen LogP contribution is -2.17. The lowest BCUT2D eigenvalue weighted by atomic mass is 9.91. The molecule has 1 aromatic carbocycles. The molecule has 2 rings (SSSR count). The minimum atomic E-state index is -0.527. The smallest absolute Gasteiger partial charge is 0.189 e. The highest BCUT2D eigenvalue weighted by molar-refractivity contribution is 6.31. The van der Waals surface area contributed by atoms with Gasteiger partial charge in [0.2, 0.25) is 0 Å². The standard InChI is InChI=1S/C13H13ClFNO/c1-13(2,3)12-6-11(17)7-4-8(14)9(15)5-10(7)16-12/h4-6H,1-3H3,(H,16,17). The van der Waals surface area contributed by atoms with Gasteiger partial charge in [-0.2, -0.15) is 0 Å². The molecule has 0 amide bonds. The maximum absolute atomic E-state index is 13.4. The average molecular weight is 254 g/mol. The predicted molar refractivity (Wildman–Crippen MR) is 68.2 cm³/mol. The van der Waals surface area contributed by atoms with Crippen molar-refractivity contribution < 1.29 is 4.39 Å². The molecule has 0 saturated heterocycles. The van der Waals surface area contributed by atoms with E-state index in [1.54, 1.807) is 0 Å². The zero-order chi connectivity index (χ0) is 12.8. The number of H-pyrrole nitrogens is 1. The number of nitrogens with one attached hydrogen (secondary N) is 1. The first-order valence-corrected chi connectivity index (χ1v) is 5.69. The Morgan fingerprint density at radius 1 is 1.24 bits per heavy atom. The van der Waals surface area contributed by atoms with E-state index in [1.165, 1.54) is 18.2 Å². The first kappa shape index (κ1) is 12.1. The van der Waals surface area contributed by atoms with Crippen LogP contribution in [0.3, 0.4) is 0 Å². The minimum absolute atomic E-state index is 0.0356. The molecule has 1 N–H and O–H groups in total. The van der Waals surface area contributed by atoms with Crippen molar-refractivity contribution in [3.63, 3.8) is 0 Å². The molecule has 0 unspecified atom stereocenters. The SMILES string of the molecule is CC(C)(C)c1cc(=O)c2cc(Cl)c(F)cc2[nH]1. The van der Waals surface area contributed by atoms with E-state index in [0.29, 0.717) is 10.9 Å². The van der Waals surface area contributed by atoms with Gasteiger partial charge in [0.15, 0.2) is 5.43 Å². The summed E-state index contributed by atoms with van der Waals surface area (Å²) in [6.45, 7) is 5.95. The van der Waals surface area contributed by atoms with Crippen LogP contribution < -0.4 is 5.43 Å². The number of rotatable bonds is 0. The molecule has 0 aliphatic carbocycles. The lowest BCUT2D eigenvalue weighted by Gasteiger charge is -2.19. The molecular weight excluding hydrogens is 241 g/mol. The summed E-state index contributed by atoms with van der Waals surface area (Å²) in [5.41, 5.74) is 0.912. The molecule has 90 valence electrons. The van der Waals surface area contributed by atoms with Crippen LogP contribution in [0.5, 0.6) is 0 Å². The van der Waals surface area contributed by atoms with Gasteiger partial charge < -0.3 is 4.98 Å². The first-order chi connectivity index (χ1) is 7.79. The molecule has 4 heteroatoms. The second kappa shape index (κ2) is 3.84. The monoisotopic (exact) mass is 253 g/mol. The highest BCUT2D eigenvalue weighted by Gasteiger charge is 2.16. The second-order valence-corrected chi connectivity index (χ2v) is 5.52. The van der Waals surface area contributed by atoms with Crippen LogP contribution in [0.4, 0.5) is 4.39 Å². The lowest BCUT2D eigenvalue weighted by molar-refractivity contribution is 0.570. The third kappa shape index (κ3) is 2.20. The molecule has 1 heterocycles. The highest BCUT2D eigenvalue weighted by atomic mass is 35.5.